The average Bonchev–Trinajstić information content (AvgIpc) is 2.78. The average molecular weight is 280 g/mol. The highest BCUT2D eigenvalue weighted by atomic mass is 16.5. The third kappa shape index (κ3) is 4.17. The fourth-order valence-electron chi connectivity index (χ4n) is 2.58. The molecule has 1 unspecified atom stereocenters. The van der Waals surface area contributed by atoms with E-state index in [0.29, 0.717) is 12.5 Å². The molecule has 20 heavy (non-hydrogen) atoms. The van der Waals surface area contributed by atoms with E-state index in [4.69, 9.17) is 4.74 Å². The lowest BCUT2D eigenvalue weighted by molar-refractivity contribution is -0.134. The van der Waals surface area contributed by atoms with E-state index in [9.17, 15) is 4.79 Å². The minimum atomic E-state index is -0.388. The molecule has 0 aromatic carbocycles. The first-order valence-electron chi connectivity index (χ1n) is 7.43. The summed E-state index contributed by atoms with van der Waals surface area (Å²) in [7, 11) is 1.59. The molecular weight excluding hydrogens is 252 g/mol. The summed E-state index contributed by atoms with van der Waals surface area (Å²) in [4.78, 5) is 12.3. The van der Waals surface area contributed by atoms with E-state index in [1.54, 1.807) is 7.11 Å². The number of carbonyl (C=O) groups excluding carboxylic acids is 1. The van der Waals surface area contributed by atoms with Crippen molar-refractivity contribution in [2.75, 3.05) is 7.11 Å². The number of hydrogen-bond acceptors (Lipinski definition) is 3. The number of carbonyl (C=O) groups is 1. The highest BCUT2D eigenvalue weighted by Gasteiger charge is 2.31. The topological polar surface area (TPSA) is 44.1 Å². The summed E-state index contributed by atoms with van der Waals surface area (Å²) in [5.74, 6) is 0.0924. The van der Waals surface area contributed by atoms with Crippen LogP contribution in [-0.2, 0) is 16.0 Å². The second-order valence-corrected chi connectivity index (χ2v) is 6.38. The molecule has 4 heteroatoms. The van der Waals surface area contributed by atoms with Gasteiger partial charge in [-0.1, -0.05) is 34.6 Å². The fourth-order valence-corrected chi connectivity index (χ4v) is 2.58. The van der Waals surface area contributed by atoms with Crippen molar-refractivity contribution in [1.29, 1.82) is 0 Å². The van der Waals surface area contributed by atoms with Gasteiger partial charge in [-0.15, -0.1) is 0 Å². The fraction of sp³-hybridized carbons (Fsp3) is 0.750. The molecule has 0 aliphatic carbocycles. The Hall–Kier alpha value is -1.16. The summed E-state index contributed by atoms with van der Waals surface area (Å²) in [6.07, 6.45) is 4.02. The number of hydrogen-bond donors (Lipinski definition) is 0. The zero-order valence-corrected chi connectivity index (χ0v) is 13.6. The molecule has 1 heterocycles. The van der Waals surface area contributed by atoms with Gasteiger partial charge in [-0.25, -0.2) is 0 Å². The maximum atomic E-state index is 12.3. The third-order valence-corrected chi connectivity index (χ3v) is 3.65. The van der Waals surface area contributed by atoms with Crippen molar-refractivity contribution >= 4 is 5.78 Å². The highest BCUT2D eigenvalue weighted by Crippen LogP contribution is 2.23. The second-order valence-electron chi connectivity index (χ2n) is 6.38. The summed E-state index contributed by atoms with van der Waals surface area (Å²) in [5.41, 5.74) is 0.636. The van der Waals surface area contributed by atoms with Crippen LogP contribution in [0.2, 0.25) is 0 Å². The Morgan fingerprint density at radius 1 is 1.35 bits per heavy atom. The van der Waals surface area contributed by atoms with Gasteiger partial charge in [-0.05, 0) is 24.3 Å². The maximum Gasteiger partial charge on any atom is 0.168 e. The number of methoxy groups -OCH3 is 1. The molecule has 0 saturated carbocycles. The lowest BCUT2D eigenvalue weighted by Gasteiger charge is -2.27. The van der Waals surface area contributed by atoms with Crippen LogP contribution in [0.3, 0.4) is 0 Å². The molecule has 0 bridgehead atoms. The van der Waals surface area contributed by atoms with Gasteiger partial charge in [-0.3, -0.25) is 9.48 Å². The lowest BCUT2D eigenvalue weighted by Crippen LogP contribution is -2.37. The third-order valence-electron chi connectivity index (χ3n) is 3.65. The van der Waals surface area contributed by atoms with Crippen LogP contribution in [0.25, 0.3) is 0 Å². The van der Waals surface area contributed by atoms with Gasteiger partial charge in [0.1, 0.15) is 6.10 Å². The molecule has 114 valence electrons. The van der Waals surface area contributed by atoms with Crippen molar-refractivity contribution in [1.82, 2.24) is 9.78 Å². The predicted molar refractivity (Wildman–Crippen MR) is 80.8 cm³/mol. The minimum Gasteiger partial charge on any atom is -0.373 e. The zero-order valence-electron chi connectivity index (χ0n) is 13.6. The second kappa shape index (κ2) is 7.02. The molecular formula is C16H28N2O2. The van der Waals surface area contributed by atoms with E-state index in [2.05, 4.69) is 18.9 Å². The first-order chi connectivity index (χ1) is 9.33. The number of ketones is 1. The van der Waals surface area contributed by atoms with Crippen LogP contribution in [-0.4, -0.2) is 28.8 Å². The van der Waals surface area contributed by atoms with E-state index in [1.165, 1.54) is 0 Å². The van der Waals surface area contributed by atoms with Crippen LogP contribution in [0.4, 0.5) is 0 Å². The van der Waals surface area contributed by atoms with Gasteiger partial charge in [0.2, 0.25) is 0 Å². The molecule has 0 aliphatic heterocycles. The van der Waals surface area contributed by atoms with Crippen molar-refractivity contribution in [3.05, 3.63) is 18.0 Å². The van der Waals surface area contributed by atoms with Gasteiger partial charge in [0.15, 0.2) is 5.78 Å². The molecule has 0 aliphatic rings. The lowest BCUT2D eigenvalue weighted by atomic mass is 9.85. The first-order valence-corrected chi connectivity index (χ1v) is 7.43. The standard InChI is InChI=1S/C16H28N2O2/c1-7-13(8-2)18-10-9-12(17-18)11-14(19)15(20-6)16(3,4)5/h9-10,13,15H,7-8,11H2,1-6H3. The van der Waals surface area contributed by atoms with E-state index in [0.717, 1.165) is 18.5 Å². The van der Waals surface area contributed by atoms with Crippen molar-refractivity contribution < 1.29 is 9.53 Å². The largest absolute Gasteiger partial charge is 0.373 e. The Bertz CT molecular complexity index is 428. The van der Waals surface area contributed by atoms with Crippen molar-refractivity contribution in [3.8, 4) is 0 Å². The number of aromatic nitrogens is 2. The number of rotatable bonds is 7. The summed E-state index contributed by atoms with van der Waals surface area (Å²) < 4.78 is 7.33. The van der Waals surface area contributed by atoms with Crippen LogP contribution in [0.15, 0.2) is 12.3 Å². The molecule has 0 spiro atoms. The quantitative estimate of drug-likeness (QED) is 0.768. The van der Waals surface area contributed by atoms with Crippen LogP contribution < -0.4 is 0 Å². The van der Waals surface area contributed by atoms with E-state index in [1.807, 2.05) is 37.7 Å². The normalized spacial score (nSPS) is 13.8. The molecule has 4 nitrogen and oxygen atoms in total. The molecule has 0 radical (unpaired) electrons. The first kappa shape index (κ1) is 16.9. The smallest absolute Gasteiger partial charge is 0.168 e. The van der Waals surface area contributed by atoms with Gasteiger partial charge >= 0.3 is 0 Å². The van der Waals surface area contributed by atoms with E-state index < -0.39 is 0 Å². The van der Waals surface area contributed by atoms with E-state index in [-0.39, 0.29) is 17.3 Å². The van der Waals surface area contributed by atoms with Gasteiger partial charge in [0.25, 0.3) is 0 Å². The summed E-state index contributed by atoms with van der Waals surface area (Å²) in [5, 5.41) is 4.53. The van der Waals surface area contributed by atoms with Crippen LogP contribution in [0.1, 0.15) is 59.2 Å². The number of ether oxygens (including phenoxy) is 1. The molecule has 0 amide bonds. The summed E-state index contributed by atoms with van der Waals surface area (Å²) in [6, 6.07) is 2.35. The molecule has 0 saturated heterocycles. The van der Waals surface area contributed by atoms with Crippen LogP contribution in [0, 0.1) is 5.41 Å². The summed E-state index contributed by atoms with van der Waals surface area (Å²) in [6.45, 7) is 10.4. The molecule has 1 aromatic heterocycles. The SMILES string of the molecule is CCC(CC)n1ccc(CC(=O)C(OC)C(C)(C)C)n1. The Balaban J connectivity index is 2.76. The summed E-state index contributed by atoms with van der Waals surface area (Å²) >= 11 is 0. The molecule has 1 atom stereocenters. The van der Waals surface area contributed by atoms with E-state index >= 15 is 0 Å². The van der Waals surface area contributed by atoms with Gasteiger partial charge in [0.05, 0.1) is 18.2 Å². The number of Topliss-reactive ketones (excluding diaryl/α,β-unsaturated/α-hetero) is 1. The molecule has 0 N–H and O–H groups in total. The van der Waals surface area contributed by atoms with Gasteiger partial charge < -0.3 is 4.74 Å². The van der Waals surface area contributed by atoms with Crippen LogP contribution in [0.5, 0.6) is 0 Å². The zero-order chi connectivity index (χ0) is 15.3. The molecule has 0 fully saturated rings. The van der Waals surface area contributed by atoms with Crippen molar-refractivity contribution in [3.63, 3.8) is 0 Å². The highest BCUT2D eigenvalue weighted by molar-refractivity contribution is 5.85. The minimum absolute atomic E-state index is 0.0924. The molecule has 1 aromatic rings. The van der Waals surface area contributed by atoms with Crippen molar-refractivity contribution in [2.45, 2.75) is 66.0 Å². The predicted octanol–water partition coefficient (Wildman–Crippen LogP) is 3.42. The Kier molecular flexibility index (Phi) is 5.93. The molecule has 1 rings (SSSR count). The monoisotopic (exact) mass is 280 g/mol. The van der Waals surface area contributed by atoms with Crippen LogP contribution >= 0.6 is 0 Å². The Morgan fingerprint density at radius 3 is 2.40 bits per heavy atom. The van der Waals surface area contributed by atoms with Gasteiger partial charge in [-0.2, -0.15) is 5.10 Å². The Labute approximate surface area is 122 Å². The number of nitrogens with zero attached hydrogens (tertiary/aromatic N) is 2. The van der Waals surface area contributed by atoms with Gasteiger partial charge in [0, 0.05) is 13.3 Å². The Morgan fingerprint density at radius 2 is 1.95 bits per heavy atom. The maximum absolute atomic E-state index is 12.3. The van der Waals surface area contributed by atoms with Crippen molar-refractivity contribution in [2.24, 2.45) is 5.41 Å².